The van der Waals surface area contributed by atoms with Gasteiger partial charge in [0.15, 0.2) is 0 Å². The third-order valence-corrected chi connectivity index (χ3v) is 0.662. The van der Waals surface area contributed by atoms with Crippen LogP contribution in [0.3, 0.4) is 0 Å². The second-order valence-electron chi connectivity index (χ2n) is 1.24. The quantitative estimate of drug-likeness (QED) is 0.475. The second-order valence-corrected chi connectivity index (χ2v) is 1.24. The summed E-state index contributed by atoms with van der Waals surface area (Å²) in [7, 11) is 0. The lowest BCUT2D eigenvalue weighted by Gasteiger charge is -1.82. The molecule has 0 atom stereocenters. The highest BCUT2D eigenvalue weighted by atomic mass is 14.6. The Morgan fingerprint density at radius 1 is 1.86 bits per heavy atom. The summed E-state index contributed by atoms with van der Waals surface area (Å²) < 4.78 is 20.9. The van der Waals surface area contributed by atoms with Crippen LogP contribution in [0, 0.1) is 6.85 Å². The van der Waals surface area contributed by atoms with Crippen molar-refractivity contribution in [3.63, 3.8) is 0 Å². The maximum atomic E-state index is 6.97. The predicted octanol–water partition coefficient (Wildman–Crippen LogP) is 1.39. The van der Waals surface area contributed by atoms with Gasteiger partial charge in [-0.15, -0.1) is 0 Å². The van der Waals surface area contributed by atoms with Gasteiger partial charge in [0.25, 0.3) is 0 Å². The molecule has 0 aliphatic carbocycles. The number of hydrogen-bond acceptors (Lipinski definition) is 1. The van der Waals surface area contributed by atoms with Gasteiger partial charge in [0.05, 0.1) is 0 Å². The highest BCUT2D eigenvalue weighted by Crippen LogP contribution is 1.88. The van der Waals surface area contributed by atoms with E-state index in [0.717, 1.165) is 0 Å². The summed E-state index contributed by atoms with van der Waals surface area (Å²) in [4.78, 5) is 3.69. The minimum absolute atomic E-state index is 0.287. The van der Waals surface area contributed by atoms with Crippen LogP contribution in [0.1, 0.15) is 9.68 Å². The van der Waals surface area contributed by atoms with Crippen molar-refractivity contribution < 1.29 is 4.11 Å². The molecule has 0 saturated heterocycles. The van der Waals surface area contributed by atoms with E-state index in [2.05, 4.69) is 4.98 Å². The van der Waals surface area contributed by atoms with Crippen LogP contribution in [0.15, 0.2) is 24.5 Å². The van der Waals surface area contributed by atoms with Crippen LogP contribution in [0.4, 0.5) is 0 Å². The van der Waals surface area contributed by atoms with E-state index in [1.165, 1.54) is 6.20 Å². The van der Waals surface area contributed by atoms with Crippen LogP contribution in [-0.4, -0.2) is 4.98 Å². The monoisotopic (exact) mass is 96.1 g/mol. The van der Waals surface area contributed by atoms with Gasteiger partial charge in [0.2, 0.25) is 0 Å². The number of aryl methyl sites for hydroxylation is 1. The van der Waals surface area contributed by atoms with E-state index in [4.69, 9.17) is 4.11 Å². The molecule has 0 aliphatic heterocycles. The maximum Gasteiger partial charge on any atom is 0.0297 e. The van der Waals surface area contributed by atoms with E-state index in [0.29, 0.717) is 0 Å². The molecule has 0 spiro atoms. The molecule has 0 unspecified atom stereocenters. The molecule has 0 aliphatic rings. The van der Waals surface area contributed by atoms with E-state index >= 15 is 0 Å². The summed E-state index contributed by atoms with van der Waals surface area (Å²) in [5.41, 5.74) is 0.287. The molecule has 1 rings (SSSR count). The first kappa shape index (κ1) is 1.95. The second kappa shape index (κ2) is 1.73. The van der Waals surface area contributed by atoms with Gasteiger partial charge in [-0.05, 0) is 18.5 Å². The summed E-state index contributed by atoms with van der Waals surface area (Å²) >= 11 is 0. The minimum Gasteiger partial charge on any atom is -0.264 e. The lowest BCUT2D eigenvalue weighted by atomic mass is 10.3. The number of hydrogen-bond donors (Lipinski definition) is 0. The topological polar surface area (TPSA) is 12.9 Å². The van der Waals surface area contributed by atoms with Crippen LogP contribution < -0.4 is 0 Å². The average Bonchev–Trinajstić information content (AvgIpc) is 1.88. The van der Waals surface area contributed by atoms with Crippen molar-refractivity contribution >= 4 is 0 Å². The summed E-state index contributed by atoms with van der Waals surface area (Å²) in [5, 5.41) is 0. The molecule has 0 saturated carbocycles. The molecule has 1 aromatic rings. The summed E-state index contributed by atoms with van der Waals surface area (Å²) in [6, 6.07) is 3.15. The van der Waals surface area contributed by atoms with Gasteiger partial charge in [-0.1, -0.05) is 6.07 Å². The van der Waals surface area contributed by atoms with E-state index in [-0.39, 0.29) is 5.56 Å². The molecule has 0 radical (unpaired) electrons. The van der Waals surface area contributed by atoms with E-state index < -0.39 is 6.85 Å². The fourth-order valence-electron chi connectivity index (χ4n) is 0.363. The highest BCUT2D eigenvalue weighted by Gasteiger charge is 1.73. The fourth-order valence-corrected chi connectivity index (χ4v) is 0.363. The molecule has 1 heteroatoms. The SMILES string of the molecule is [2H]C([2H])([2H])c1cccnc1. The molecule has 0 amide bonds. The van der Waals surface area contributed by atoms with Crippen LogP contribution in [0.25, 0.3) is 0 Å². The van der Waals surface area contributed by atoms with Crippen LogP contribution >= 0.6 is 0 Å². The Balaban J connectivity index is 2.97. The standard InChI is InChI=1S/C6H7N/c1-6-3-2-4-7-5-6/h2-5H,1H3/i1D3. The highest BCUT2D eigenvalue weighted by molar-refractivity contribution is 5.04. The molecule has 1 heterocycles. The molecule has 0 N–H and O–H groups in total. The maximum absolute atomic E-state index is 6.97. The molecular formula is C6H7N. The Kier molecular flexibility index (Phi) is 0.483. The molecule has 7 heavy (non-hydrogen) atoms. The van der Waals surface area contributed by atoms with E-state index in [9.17, 15) is 0 Å². The smallest absolute Gasteiger partial charge is 0.0297 e. The van der Waals surface area contributed by atoms with Gasteiger partial charge in [-0.2, -0.15) is 0 Å². The molecule has 0 fully saturated rings. The van der Waals surface area contributed by atoms with E-state index in [1.807, 2.05) is 0 Å². The Hall–Kier alpha value is -0.850. The summed E-state index contributed by atoms with van der Waals surface area (Å²) in [6.45, 7) is -2.02. The van der Waals surface area contributed by atoms with Crippen LogP contribution in [0.5, 0.6) is 0 Å². The molecule has 36 valence electrons. The minimum atomic E-state index is -2.02. The van der Waals surface area contributed by atoms with Gasteiger partial charge in [0, 0.05) is 16.5 Å². The Morgan fingerprint density at radius 2 is 2.86 bits per heavy atom. The van der Waals surface area contributed by atoms with Crippen LogP contribution in [-0.2, 0) is 0 Å². The van der Waals surface area contributed by atoms with Crippen molar-refractivity contribution in [2.24, 2.45) is 0 Å². The van der Waals surface area contributed by atoms with Crippen molar-refractivity contribution in [3.8, 4) is 0 Å². The van der Waals surface area contributed by atoms with Crippen molar-refractivity contribution in [2.45, 2.75) is 6.85 Å². The molecule has 0 bridgehead atoms. The lowest BCUT2D eigenvalue weighted by molar-refractivity contribution is 1.27. The average molecular weight is 96.1 g/mol. The largest absolute Gasteiger partial charge is 0.264 e. The van der Waals surface area contributed by atoms with Gasteiger partial charge < -0.3 is 0 Å². The van der Waals surface area contributed by atoms with Gasteiger partial charge in [0.1, 0.15) is 0 Å². The Labute approximate surface area is 47.2 Å². The van der Waals surface area contributed by atoms with E-state index in [1.54, 1.807) is 18.3 Å². The first-order chi connectivity index (χ1) is 4.61. The zero-order valence-corrected chi connectivity index (χ0v) is 3.76. The van der Waals surface area contributed by atoms with Gasteiger partial charge in [-0.25, -0.2) is 0 Å². The Morgan fingerprint density at radius 3 is 3.29 bits per heavy atom. The molecule has 1 nitrogen and oxygen atoms in total. The third kappa shape index (κ3) is 1.000. The first-order valence-electron chi connectivity index (χ1n) is 3.51. The van der Waals surface area contributed by atoms with Crippen molar-refractivity contribution in [3.05, 3.63) is 30.1 Å². The number of aromatic nitrogens is 1. The van der Waals surface area contributed by atoms with Crippen molar-refractivity contribution in [2.75, 3.05) is 0 Å². The number of rotatable bonds is 0. The summed E-state index contributed by atoms with van der Waals surface area (Å²) in [5.74, 6) is 0. The van der Waals surface area contributed by atoms with Crippen molar-refractivity contribution in [1.29, 1.82) is 0 Å². The zero-order valence-electron chi connectivity index (χ0n) is 6.76. The normalized spacial score (nSPS) is 16.9. The number of pyridine rings is 1. The van der Waals surface area contributed by atoms with Crippen LogP contribution in [0.2, 0.25) is 0 Å². The van der Waals surface area contributed by atoms with Gasteiger partial charge in [-0.3, -0.25) is 4.98 Å². The first-order valence-corrected chi connectivity index (χ1v) is 2.01. The molecule has 1 aromatic heterocycles. The molecular weight excluding hydrogens is 86.1 g/mol. The zero-order chi connectivity index (χ0) is 7.61. The fraction of sp³-hybridized carbons (Fsp3) is 0.167. The third-order valence-electron chi connectivity index (χ3n) is 0.662. The van der Waals surface area contributed by atoms with Crippen molar-refractivity contribution in [1.82, 2.24) is 4.98 Å². The lowest BCUT2D eigenvalue weighted by Crippen LogP contribution is -1.69. The summed E-state index contributed by atoms with van der Waals surface area (Å²) in [6.07, 6.45) is 2.90. The Bertz CT molecular complexity index is 204. The molecule has 0 aromatic carbocycles. The number of nitrogens with zero attached hydrogens (tertiary/aromatic N) is 1. The predicted molar refractivity (Wildman–Crippen MR) is 29.0 cm³/mol. The van der Waals surface area contributed by atoms with Gasteiger partial charge >= 0.3 is 0 Å².